The highest BCUT2D eigenvalue weighted by Crippen LogP contribution is 2.24. The van der Waals surface area contributed by atoms with Crippen LogP contribution < -0.4 is 11.3 Å². The maximum atomic E-state index is 12.1. The zero-order valence-electron chi connectivity index (χ0n) is 10.6. The number of hydrogen-bond acceptors (Lipinski definition) is 2. The van der Waals surface area contributed by atoms with Crippen LogP contribution in [-0.4, -0.2) is 9.78 Å². The number of H-pyrrole nitrogens is 1. The Morgan fingerprint density at radius 2 is 1.78 bits per heavy atom. The summed E-state index contributed by atoms with van der Waals surface area (Å²) >= 11 is 5.83. The quantitative estimate of drug-likeness (QED) is 0.833. The van der Waals surface area contributed by atoms with E-state index in [9.17, 15) is 4.79 Å². The molecule has 2 rings (SSSR count). The van der Waals surface area contributed by atoms with Gasteiger partial charge in [0.05, 0.1) is 11.4 Å². The van der Waals surface area contributed by atoms with Gasteiger partial charge in [-0.2, -0.15) is 0 Å². The topological polar surface area (TPSA) is 63.8 Å². The third-order valence-corrected chi connectivity index (χ3v) is 3.01. The first-order valence-electron chi connectivity index (χ1n) is 5.67. The molecule has 4 nitrogen and oxygen atoms in total. The van der Waals surface area contributed by atoms with Gasteiger partial charge in [0.1, 0.15) is 5.69 Å². The van der Waals surface area contributed by atoms with Crippen molar-refractivity contribution in [3.8, 4) is 5.69 Å². The molecule has 0 unspecified atom stereocenters. The molecule has 0 aliphatic carbocycles. The molecule has 0 saturated heterocycles. The van der Waals surface area contributed by atoms with Crippen LogP contribution in [0.2, 0.25) is 5.02 Å². The van der Waals surface area contributed by atoms with Crippen molar-refractivity contribution < 1.29 is 0 Å². The lowest BCUT2D eigenvalue weighted by molar-refractivity contribution is 0.562. The van der Waals surface area contributed by atoms with Crippen LogP contribution in [0.3, 0.4) is 0 Å². The Balaban J connectivity index is 2.60. The number of halogens is 1. The fraction of sp³-hybridized carbons (Fsp3) is 0.308. The van der Waals surface area contributed by atoms with E-state index in [1.165, 1.54) is 4.68 Å². The Bertz CT molecular complexity index is 617. The Labute approximate surface area is 110 Å². The average molecular weight is 266 g/mol. The molecular weight excluding hydrogens is 250 g/mol. The summed E-state index contributed by atoms with van der Waals surface area (Å²) in [5, 5.41) is 3.69. The largest absolute Gasteiger partial charge is 0.393 e. The molecule has 3 N–H and O–H groups in total. The van der Waals surface area contributed by atoms with E-state index in [1.54, 1.807) is 24.3 Å². The fourth-order valence-corrected chi connectivity index (χ4v) is 1.92. The highest BCUT2D eigenvalue weighted by Gasteiger charge is 2.23. The van der Waals surface area contributed by atoms with E-state index in [1.807, 2.05) is 20.8 Å². The molecule has 1 aromatic heterocycles. The minimum absolute atomic E-state index is 0.207. The van der Waals surface area contributed by atoms with Gasteiger partial charge in [-0.05, 0) is 24.3 Å². The van der Waals surface area contributed by atoms with Crippen LogP contribution >= 0.6 is 11.6 Å². The molecule has 0 atom stereocenters. The van der Waals surface area contributed by atoms with Crippen LogP contribution in [0.25, 0.3) is 5.69 Å². The molecule has 0 aliphatic rings. The summed E-state index contributed by atoms with van der Waals surface area (Å²) in [5.74, 6) is 0. The van der Waals surface area contributed by atoms with Gasteiger partial charge in [-0.1, -0.05) is 32.4 Å². The molecule has 0 spiro atoms. The van der Waals surface area contributed by atoms with Crippen molar-refractivity contribution in [3.63, 3.8) is 0 Å². The molecule has 2 aromatic rings. The molecule has 0 radical (unpaired) electrons. The predicted molar refractivity (Wildman–Crippen MR) is 74.5 cm³/mol. The maximum absolute atomic E-state index is 12.1. The zero-order valence-corrected chi connectivity index (χ0v) is 11.4. The van der Waals surface area contributed by atoms with E-state index in [2.05, 4.69) is 5.10 Å². The molecule has 0 amide bonds. The lowest BCUT2D eigenvalue weighted by Gasteiger charge is -2.16. The van der Waals surface area contributed by atoms with Gasteiger partial charge in [-0.3, -0.25) is 9.89 Å². The van der Waals surface area contributed by atoms with E-state index in [0.717, 1.165) is 5.69 Å². The summed E-state index contributed by atoms with van der Waals surface area (Å²) in [5.41, 5.74) is 7.14. The summed E-state index contributed by atoms with van der Waals surface area (Å²) in [6.07, 6.45) is 0. The van der Waals surface area contributed by atoms with Gasteiger partial charge in [-0.25, -0.2) is 4.68 Å². The lowest BCUT2D eigenvalue weighted by atomic mass is 9.91. The second-order valence-electron chi connectivity index (χ2n) is 5.27. The number of nitrogen functional groups attached to an aromatic ring is 1. The van der Waals surface area contributed by atoms with Crippen LogP contribution in [0.15, 0.2) is 29.1 Å². The molecule has 1 aromatic carbocycles. The third kappa shape index (κ3) is 2.16. The van der Waals surface area contributed by atoms with Gasteiger partial charge in [0.25, 0.3) is 5.56 Å². The highest BCUT2D eigenvalue weighted by atomic mass is 35.5. The van der Waals surface area contributed by atoms with Crippen molar-refractivity contribution in [2.24, 2.45) is 0 Å². The number of benzene rings is 1. The van der Waals surface area contributed by atoms with Crippen LogP contribution in [0.1, 0.15) is 26.5 Å². The number of nitrogens with two attached hydrogens (primary N) is 1. The Kier molecular flexibility index (Phi) is 2.99. The molecule has 5 heteroatoms. The van der Waals surface area contributed by atoms with Crippen molar-refractivity contribution in [2.75, 3.05) is 5.73 Å². The Morgan fingerprint density at radius 1 is 1.22 bits per heavy atom. The summed E-state index contributed by atoms with van der Waals surface area (Å²) < 4.78 is 1.44. The second-order valence-corrected chi connectivity index (χ2v) is 5.70. The first-order chi connectivity index (χ1) is 8.30. The predicted octanol–water partition coefficient (Wildman–Crippen LogP) is 2.70. The number of nitrogens with one attached hydrogen (secondary N) is 1. The summed E-state index contributed by atoms with van der Waals surface area (Å²) in [7, 11) is 0. The number of rotatable bonds is 1. The molecule has 0 saturated carbocycles. The normalized spacial score (nSPS) is 11.8. The lowest BCUT2D eigenvalue weighted by Crippen LogP contribution is -2.17. The van der Waals surface area contributed by atoms with Gasteiger partial charge in [0.2, 0.25) is 0 Å². The first-order valence-corrected chi connectivity index (χ1v) is 6.05. The van der Waals surface area contributed by atoms with Crippen molar-refractivity contribution in [1.29, 1.82) is 0 Å². The number of aromatic nitrogens is 2. The number of aromatic amines is 1. The standard InChI is InChI=1S/C13H16ClN3O/c1-13(2,3)11-10(15)12(18)17(16-11)9-6-4-8(14)5-7-9/h4-7,16H,15H2,1-3H3. The molecule has 0 fully saturated rings. The van der Waals surface area contributed by atoms with E-state index >= 15 is 0 Å². The molecule has 0 aliphatic heterocycles. The molecule has 1 heterocycles. The van der Waals surface area contributed by atoms with E-state index in [0.29, 0.717) is 10.7 Å². The Morgan fingerprint density at radius 3 is 2.22 bits per heavy atom. The van der Waals surface area contributed by atoms with Crippen molar-refractivity contribution >= 4 is 17.3 Å². The van der Waals surface area contributed by atoms with E-state index in [-0.39, 0.29) is 16.7 Å². The highest BCUT2D eigenvalue weighted by molar-refractivity contribution is 6.30. The summed E-state index contributed by atoms with van der Waals surface area (Å²) in [6, 6.07) is 7.01. The SMILES string of the molecule is CC(C)(C)c1[nH]n(-c2ccc(Cl)cc2)c(=O)c1N. The van der Waals surface area contributed by atoms with Crippen molar-refractivity contribution in [3.05, 3.63) is 45.3 Å². The van der Waals surface area contributed by atoms with E-state index < -0.39 is 0 Å². The Hall–Kier alpha value is -1.68. The van der Waals surface area contributed by atoms with Crippen molar-refractivity contribution in [1.82, 2.24) is 9.78 Å². The second kappa shape index (κ2) is 4.21. The van der Waals surface area contributed by atoms with Gasteiger partial charge in [0, 0.05) is 10.4 Å². The number of hydrogen-bond donors (Lipinski definition) is 2. The fourth-order valence-electron chi connectivity index (χ4n) is 1.79. The minimum Gasteiger partial charge on any atom is -0.393 e. The van der Waals surface area contributed by atoms with Crippen LogP contribution in [0, 0.1) is 0 Å². The van der Waals surface area contributed by atoms with Gasteiger partial charge < -0.3 is 5.73 Å². The molecule has 96 valence electrons. The number of anilines is 1. The maximum Gasteiger partial charge on any atom is 0.294 e. The smallest absolute Gasteiger partial charge is 0.294 e. The van der Waals surface area contributed by atoms with Gasteiger partial charge in [0.15, 0.2) is 0 Å². The van der Waals surface area contributed by atoms with E-state index in [4.69, 9.17) is 17.3 Å². The summed E-state index contributed by atoms with van der Waals surface area (Å²) in [6.45, 7) is 6.00. The van der Waals surface area contributed by atoms with Crippen LogP contribution in [0.5, 0.6) is 0 Å². The first kappa shape index (κ1) is 12.8. The van der Waals surface area contributed by atoms with Gasteiger partial charge in [-0.15, -0.1) is 0 Å². The van der Waals surface area contributed by atoms with Crippen LogP contribution in [0.4, 0.5) is 5.69 Å². The average Bonchev–Trinajstić information content (AvgIpc) is 2.57. The molecule has 18 heavy (non-hydrogen) atoms. The zero-order chi connectivity index (χ0) is 13.5. The molecule has 0 bridgehead atoms. The minimum atomic E-state index is -0.234. The third-order valence-electron chi connectivity index (χ3n) is 2.76. The monoisotopic (exact) mass is 265 g/mol. The van der Waals surface area contributed by atoms with Crippen molar-refractivity contribution in [2.45, 2.75) is 26.2 Å². The summed E-state index contributed by atoms with van der Waals surface area (Å²) in [4.78, 5) is 12.1. The van der Waals surface area contributed by atoms with Crippen LogP contribution in [-0.2, 0) is 5.41 Å². The molecular formula is C13H16ClN3O. The number of nitrogens with zero attached hydrogens (tertiary/aromatic N) is 1. The van der Waals surface area contributed by atoms with Gasteiger partial charge >= 0.3 is 0 Å².